The van der Waals surface area contributed by atoms with Crippen LogP contribution in [0.25, 0.3) is 10.9 Å². The number of aromatic amines is 1. The third-order valence-corrected chi connectivity index (χ3v) is 3.71. The standard InChI is InChI=1S/C14H20N2S/c1-2-8-15-9-5-10-17-14-11-12-6-3-4-7-13(12)16-14/h3-4,6-7,11,15-16H,2,5,8-10H2,1H3. The Labute approximate surface area is 107 Å². The third-order valence-electron chi connectivity index (χ3n) is 2.69. The fraction of sp³-hybridized carbons (Fsp3) is 0.429. The Morgan fingerprint density at radius 3 is 2.94 bits per heavy atom. The van der Waals surface area contributed by atoms with Crippen LogP contribution in [0.3, 0.4) is 0 Å². The van der Waals surface area contributed by atoms with Crippen LogP contribution >= 0.6 is 11.8 Å². The van der Waals surface area contributed by atoms with E-state index in [4.69, 9.17) is 0 Å². The fourth-order valence-corrected chi connectivity index (χ4v) is 2.71. The Morgan fingerprint density at radius 2 is 2.12 bits per heavy atom. The van der Waals surface area contributed by atoms with E-state index in [-0.39, 0.29) is 0 Å². The molecule has 1 aromatic heterocycles. The van der Waals surface area contributed by atoms with E-state index < -0.39 is 0 Å². The van der Waals surface area contributed by atoms with Crippen molar-refractivity contribution in [2.45, 2.75) is 24.8 Å². The van der Waals surface area contributed by atoms with Crippen LogP contribution in [0.4, 0.5) is 0 Å². The van der Waals surface area contributed by atoms with Crippen LogP contribution in [0.5, 0.6) is 0 Å². The van der Waals surface area contributed by atoms with Crippen LogP contribution in [-0.4, -0.2) is 23.8 Å². The molecule has 2 rings (SSSR count). The van der Waals surface area contributed by atoms with Gasteiger partial charge in [0.25, 0.3) is 0 Å². The summed E-state index contributed by atoms with van der Waals surface area (Å²) >= 11 is 1.91. The number of H-pyrrole nitrogens is 1. The van der Waals surface area contributed by atoms with Crippen molar-refractivity contribution in [2.75, 3.05) is 18.8 Å². The molecule has 92 valence electrons. The van der Waals surface area contributed by atoms with Gasteiger partial charge in [0, 0.05) is 16.7 Å². The number of aromatic nitrogens is 1. The van der Waals surface area contributed by atoms with Crippen LogP contribution in [0.1, 0.15) is 19.8 Å². The highest BCUT2D eigenvalue weighted by molar-refractivity contribution is 7.99. The molecule has 2 nitrogen and oxygen atoms in total. The lowest BCUT2D eigenvalue weighted by atomic mass is 10.3. The fourth-order valence-electron chi connectivity index (χ4n) is 1.81. The average Bonchev–Trinajstić information content (AvgIpc) is 2.76. The summed E-state index contributed by atoms with van der Waals surface area (Å²) in [5, 5.41) is 6.01. The molecule has 0 saturated carbocycles. The highest BCUT2D eigenvalue weighted by atomic mass is 32.2. The Hall–Kier alpha value is -0.930. The normalized spacial score (nSPS) is 11.1. The lowest BCUT2D eigenvalue weighted by Crippen LogP contribution is -2.16. The minimum Gasteiger partial charge on any atom is -0.350 e. The lowest BCUT2D eigenvalue weighted by molar-refractivity contribution is 0.664. The molecule has 2 N–H and O–H groups in total. The summed E-state index contributed by atoms with van der Waals surface area (Å²) in [7, 11) is 0. The van der Waals surface area contributed by atoms with Gasteiger partial charge in [-0.2, -0.15) is 0 Å². The second-order valence-electron chi connectivity index (χ2n) is 4.17. The van der Waals surface area contributed by atoms with Gasteiger partial charge in [-0.3, -0.25) is 0 Å². The van der Waals surface area contributed by atoms with Gasteiger partial charge >= 0.3 is 0 Å². The Morgan fingerprint density at radius 1 is 1.24 bits per heavy atom. The summed E-state index contributed by atoms with van der Waals surface area (Å²) < 4.78 is 0. The van der Waals surface area contributed by atoms with Crippen molar-refractivity contribution in [1.29, 1.82) is 0 Å². The first kappa shape index (κ1) is 12.5. The summed E-state index contributed by atoms with van der Waals surface area (Å²) in [6.45, 7) is 4.46. The summed E-state index contributed by atoms with van der Waals surface area (Å²) in [6, 6.07) is 10.7. The molecule has 17 heavy (non-hydrogen) atoms. The largest absolute Gasteiger partial charge is 0.350 e. The molecule has 0 radical (unpaired) electrons. The number of fused-ring (bicyclic) bond motifs is 1. The molecule has 0 aliphatic rings. The molecule has 0 atom stereocenters. The van der Waals surface area contributed by atoms with Crippen molar-refractivity contribution in [3.8, 4) is 0 Å². The van der Waals surface area contributed by atoms with Gasteiger partial charge < -0.3 is 10.3 Å². The number of hydrogen-bond acceptors (Lipinski definition) is 2. The molecule has 0 spiro atoms. The van der Waals surface area contributed by atoms with E-state index in [0.29, 0.717) is 0 Å². The monoisotopic (exact) mass is 248 g/mol. The van der Waals surface area contributed by atoms with Crippen molar-refractivity contribution in [3.05, 3.63) is 30.3 Å². The van der Waals surface area contributed by atoms with E-state index in [2.05, 4.69) is 47.6 Å². The Kier molecular flexibility index (Phi) is 4.95. The third kappa shape index (κ3) is 3.79. The summed E-state index contributed by atoms with van der Waals surface area (Å²) in [5.41, 5.74) is 1.24. The van der Waals surface area contributed by atoms with Gasteiger partial charge in [-0.05, 0) is 38.1 Å². The second-order valence-corrected chi connectivity index (χ2v) is 5.31. The molecule has 0 saturated heterocycles. The minimum absolute atomic E-state index is 1.13. The van der Waals surface area contributed by atoms with E-state index in [9.17, 15) is 0 Å². The molecule has 0 amide bonds. The Bertz CT molecular complexity index is 417. The van der Waals surface area contributed by atoms with E-state index in [1.165, 1.54) is 34.5 Å². The molecule has 0 aliphatic heterocycles. The van der Waals surface area contributed by atoms with Gasteiger partial charge in [0.05, 0.1) is 5.03 Å². The van der Waals surface area contributed by atoms with Crippen molar-refractivity contribution in [2.24, 2.45) is 0 Å². The highest BCUT2D eigenvalue weighted by Gasteiger charge is 1.99. The maximum Gasteiger partial charge on any atom is 0.0732 e. The lowest BCUT2D eigenvalue weighted by Gasteiger charge is -2.01. The minimum atomic E-state index is 1.13. The SMILES string of the molecule is CCCNCCCSc1cc2ccccc2[nH]1. The molecule has 0 fully saturated rings. The molecule has 3 heteroatoms. The molecule has 1 aromatic carbocycles. The number of nitrogens with one attached hydrogen (secondary N) is 2. The van der Waals surface area contributed by atoms with Crippen molar-refractivity contribution in [3.63, 3.8) is 0 Å². The highest BCUT2D eigenvalue weighted by Crippen LogP contribution is 2.23. The zero-order valence-electron chi connectivity index (χ0n) is 10.3. The van der Waals surface area contributed by atoms with Gasteiger partial charge in [0.1, 0.15) is 0 Å². The molecule has 1 heterocycles. The van der Waals surface area contributed by atoms with Crippen LogP contribution < -0.4 is 5.32 Å². The zero-order chi connectivity index (χ0) is 11.9. The summed E-state index contributed by atoms with van der Waals surface area (Å²) in [4.78, 5) is 3.44. The van der Waals surface area contributed by atoms with Gasteiger partial charge in [0.2, 0.25) is 0 Å². The quantitative estimate of drug-likeness (QED) is 0.578. The Balaban J connectivity index is 1.75. The molecule has 2 aromatic rings. The number of para-hydroxylation sites is 1. The van der Waals surface area contributed by atoms with Crippen molar-refractivity contribution < 1.29 is 0 Å². The first-order valence-electron chi connectivity index (χ1n) is 6.31. The maximum absolute atomic E-state index is 3.44. The number of rotatable bonds is 7. The van der Waals surface area contributed by atoms with E-state index >= 15 is 0 Å². The average molecular weight is 248 g/mol. The predicted octanol–water partition coefficient (Wildman–Crippen LogP) is 3.65. The van der Waals surface area contributed by atoms with Crippen LogP contribution in [0, 0.1) is 0 Å². The second kappa shape index (κ2) is 6.72. The maximum atomic E-state index is 3.44. The van der Waals surface area contributed by atoms with Gasteiger partial charge in [0.15, 0.2) is 0 Å². The van der Waals surface area contributed by atoms with Gasteiger partial charge in [-0.25, -0.2) is 0 Å². The number of benzene rings is 1. The number of thioether (sulfide) groups is 1. The zero-order valence-corrected chi connectivity index (χ0v) is 11.1. The summed E-state index contributed by atoms with van der Waals surface area (Å²) in [5.74, 6) is 1.17. The van der Waals surface area contributed by atoms with Crippen LogP contribution in [0.2, 0.25) is 0 Å². The topological polar surface area (TPSA) is 27.8 Å². The first-order chi connectivity index (χ1) is 8.40. The number of hydrogen-bond donors (Lipinski definition) is 2. The summed E-state index contributed by atoms with van der Waals surface area (Å²) in [6.07, 6.45) is 2.44. The molecular formula is C14H20N2S. The van der Waals surface area contributed by atoms with E-state index in [1.807, 2.05) is 11.8 Å². The molecule has 0 bridgehead atoms. The molecular weight excluding hydrogens is 228 g/mol. The van der Waals surface area contributed by atoms with Crippen molar-refractivity contribution in [1.82, 2.24) is 10.3 Å². The van der Waals surface area contributed by atoms with Crippen LogP contribution in [-0.2, 0) is 0 Å². The first-order valence-corrected chi connectivity index (χ1v) is 7.30. The van der Waals surface area contributed by atoms with E-state index in [0.717, 1.165) is 13.1 Å². The predicted molar refractivity (Wildman–Crippen MR) is 76.8 cm³/mol. The smallest absolute Gasteiger partial charge is 0.0732 e. The van der Waals surface area contributed by atoms with Gasteiger partial charge in [-0.1, -0.05) is 25.1 Å². The van der Waals surface area contributed by atoms with Crippen LogP contribution in [0.15, 0.2) is 35.4 Å². The molecule has 0 aliphatic carbocycles. The molecule has 0 unspecified atom stereocenters. The van der Waals surface area contributed by atoms with Gasteiger partial charge in [-0.15, -0.1) is 11.8 Å². The van der Waals surface area contributed by atoms with Crippen molar-refractivity contribution >= 4 is 22.7 Å². The van der Waals surface area contributed by atoms with E-state index in [1.54, 1.807) is 0 Å².